The normalized spacial score (nSPS) is 11.7. The van der Waals surface area contributed by atoms with Crippen LogP contribution in [-0.2, 0) is 17.6 Å². The van der Waals surface area contributed by atoms with E-state index in [-0.39, 0.29) is 12.5 Å². The number of alkyl halides is 3. The summed E-state index contributed by atoms with van der Waals surface area (Å²) in [6, 6.07) is 26.4. The molecule has 1 heterocycles. The van der Waals surface area contributed by atoms with Crippen molar-refractivity contribution in [2.24, 2.45) is 5.16 Å². The van der Waals surface area contributed by atoms with E-state index in [0.29, 0.717) is 11.5 Å². The zero-order valence-corrected chi connectivity index (χ0v) is 18.7. The molecule has 5 nitrogen and oxygen atoms in total. The van der Waals surface area contributed by atoms with Crippen LogP contribution in [0, 0.1) is 0 Å². The lowest BCUT2D eigenvalue weighted by Crippen LogP contribution is -2.10. The monoisotopic (exact) mass is 478 g/mol. The highest BCUT2D eigenvalue weighted by molar-refractivity contribution is 6.13. The summed E-state index contributed by atoms with van der Waals surface area (Å²) in [4.78, 5) is 8.86. The van der Waals surface area contributed by atoms with Gasteiger partial charge in [0.25, 0.3) is 0 Å². The molecule has 1 aromatic heterocycles. The van der Waals surface area contributed by atoms with Gasteiger partial charge < -0.3 is 14.3 Å². The van der Waals surface area contributed by atoms with Crippen molar-refractivity contribution in [3.05, 3.63) is 119 Å². The minimum atomic E-state index is -4.45. The van der Waals surface area contributed by atoms with Gasteiger partial charge in [-0.25, -0.2) is 4.98 Å². The third-order valence-corrected chi connectivity index (χ3v) is 5.00. The lowest BCUT2D eigenvalue weighted by Gasteiger charge is -2.14. The van der Waals surface area contributed by atoms with E-state index in [1.54, 1.807) is 0 Å². The highest BCUT2D eigenvalue weighted by Gasteiger charge is 2.30. The molecule has 8 heteroatoms. The van der Waals surface area contributed by atoms with Gasteiger partial charge in [0.05, 0.1) is 5.56 Å². The Morgan fingerprint density at radius 1 is 0.829 bits per heavy atom. The molecule has 178 valence electrons. The maximum absolute atomic E-state index is 12.8. The number of para-hydroxylation sites is 1. The van der Waals surface area contributed by atoms with E-state index in [1.807, 2.05) is 78.9 Å². The summed E-state index contributed by atoms with van der Waals surface area (Å²) in [6.07, 6.45) is -3.70. The molecule has 0 fully saturated rings. The quantitative estimate of drug-likeness (QED) is 0.205. The third kappa shape index (κ3) is 6.17. The second-order valence-electron chi connectivity index (χ2n) is 7.39. The van der Waals surface area contributed by atoms with Crippen molar-refractivity contribution in [2.75, 3.05) is 7.11 Å². The van der Waals surface area contributed by atoms with Gasteiger partial charge in [-0.1, -0.05) is 47.6 Å². The molecule has 0 radical (unpaired) electrons. The molecule has 0 N–H and O–H groups in total. The predicted octanol–water partition coefficient (Wildman–Crippen LogP) is 6.87. The first-order valence-corrected chi connectivity index (χ1v) is 10.6. The van der Waals surface area contributed by atoms with Crippen LogP contribution in [0.4, 0.5) is 13.2 Å². The van der Waals surface area contributed by atoms with Crippen molar-refractivity contribution in [3.63, 3.8) is 0 Å². The number of aromatic nitrogens is 1. The largest absolute Gasteiger partial charge is 0.473 e. The zero-order chi connectivity index (χ0) is 24.7. The predicted molar refractivity (Wildman–Crippen MR) is 126 cm³/mol. The van der Waals surface area contributed by atoms with Gasteiger partial charge in [0.2, 0.25) is 5.88 Å². The minimum Gasteiger partial charge on any atom is -0.473 e. The molecule has 0 unspecified atom stereocenters. The number of benzene rings is 3. The van der Waals surface area contributed by atoms with Gasteiger partial charge in [0, 0.05) is 23.4 Å². The number of hydrogen-bond acceptors (Lipinski definition) is 5. The van der Waals surface area contributed by atoms with Crippen molar-refractivity contribution in [3.8, 4) is 17.4 Å². The molecule has 0 saturated carbocycles. The van der Waals surface area contributed by atoms with Gasteiger partial charge in [-0.2, -0.15) is 13.2 Å². The lowest BCUT2D eigenvalue weighted by atomic mass is 9.98. The number of pyridine rings is 1. The van der Waals surface area contributed by atoms with E-state index in [9.17, 15) is 13.2 Å². The molecule has 3 aromatic carbocycles. The van der Waals surface area contributed by atoms with E-state index in [1.165, 1.54) is 13.2 Å². The van der Waals surface area contributed by atoms with Crippen LogP contribution < -0.4 is 9.47 Å². The van der Waals surface area contributed by atoms with Crippen LogP contribution >= 0.6 is 0 Å². The fraction of sp³-hybridized carbons (Fsp3) is 0.111. The van der Waals surface area contributed by atoms with Crippen molar-refractivity contribution in [2.45, 2.75) is 12.8 Å². The molecule has 4 rings (SSSR count). The van der Waals surface area contributed by atoms with Crippen LogP contribution in [0.25, 0.3) is 0 Å². The van der Waals surface area contributed by atoms with Crippen LogP contribution in [0.2, 0.25) is 0 Å². The SMILES string of the molecule is CO/N=C(/c1ccc(Oc2ccccc2)cc1)c1ccccc1COc1ccc(C(F)(F)F)cn1. The second-order valence-corrected chi connectivity index (χ2v) is 7.39. The Hall–Kier alpha value is -4.33. The summed E-state index contributed by atoms with van der Waals surface area (Å²) in [5.41, 5.74) is 2.03. The first kappa shape index (κ1) is 23.8. The first-order chi connectivity index (χ1) is 16.9. The Balaban J connectivity index is 1.53. The third-order valence-electron chi connectivity index (χ3n) is 5.00. The highest BCUT2D eigenvalue weighted by Crippen LogP contribution is 2.29. The number of ether oxygens (including phenoxy) is 2. The Kier molecular flexibility index (Phi) is 7.30. The van der Waals surface area contributed by atoms with Gasteiger partial charge in [-0.05, 0) is 48.0 Å². The smallest absolute Gasteiger partial charge is 0.417 e. The van der Waals surface area contributed by atoms with Crippen molar-refractivity contribution in [1.29, 1.82) is 0 Å². The summed E-state index contributed by atoms with van der Waals surface area (Å²) < 4.78 is 49.8. The molecule has 0 bridgehead atoms. The lowest BCUT2D eigenvalue weighted by molar-refractivity contribution is -0.137. The summed E-state index contributed by atoms with van der Waals surface area (Å²) in [5, 5.41) is 4.21. The Labute approximate surface area is 200 Å². The van der Waals surface area contributed by atoms with E-state index in [4.69, 9.17) is 14.3 Å². The summed E-state index contributed by atoms with van der Waals surface area (Å²) in [7, 11) is 1.46. The number of rotatable bonds is 8. The average molecular weight is 478 g/mol. The van der Waals surface area contributed by atoms with Gasteiger partial charge >= 0.3 is 6.18 Å². The number of nitrogens with zero attached hydrogens (tertiary/aromatic N) is 2. The van der Waals surface area contributed by atoms with Crippen LogP contribution in [0.15, 0.2) is 102 Å². The fourth-order valence-electron chi connectivity index (χ4n) is 3.32. The first-order valence-electron chi connectivity index (χ1n) is 10.6. The van der Waals surface area contributed by atoms with E-state index in [0.717, 1.165) is 34.7 Å². The number of oxime groups is 1. The summed E-state index contributed by atoms with van der Waals surface area (Å²) >= 11 is 0. The molecule has 0 spiro atoms. The number of hydrogen-bond donors (Lipinski definition) is 0. The second kappa shape index (κ2) is 10.7. The van der Waals surface area contributed by atoms with Crippen LogP contribution in [0.3, 0.4) is 0 Å². The van der Waals surface area contributed by atoms with Gasteiger partial charge in [-0.3, -0.25) is 0 Å². The van der Waals surface area contributed by atoms with Crippen LogP contribution in [0.1, 0.15) is 22.3 Å². The van der Waals surface area contributed by atoms with Gasteiger partial charge in [0.1, 0.15) is 30.9 Å². The molecule has 0 amide bonds. The molecular formula is C27H21F3N2O3. The van der Waals surface area contributed by atoms with Crippen molar-refractivity contribution in [1.82, 2.24) is 4.98 Å². The zero-order valence-electron chi connectivity index (χ0n) is 18.7. The molecule has 4 aromatic rings. The van der Waals surface area contributed by atoms with Crippen LogP contribution in [0.5, 0.6) is 17.4 Å². The fourth-order valence-corrected chi connectivity index (χ4v) is 3.32. The Bertz CT molecular complexity index is 1270. The molecule has 0 aliphatic carbocycles. The molecule has 0 aliphatic rings. The maximum atomic E-state index is 12.8. The molecule has 35 heavy (non-hydrogen) atoms. The Morgan fingerprint density at radius 2 is 1.51 bits per heavy atom. The van der Waals surface area contributed by atoms with Gasteiger partial charge in [0.15, 0.2) is 0 Å². The summed E-state index contributed by atoms with van der Waals surface area (Å²) in [5.74, 6) is 1.48. The topological polar surface area (TPSA) is 52.9 Å². The standard InChI is InChI=1S/C27H21F3N2O3/c1-33-32-26(19-11-14-23(15-12-19)35-22-8-3-2-4-9-22)24-10-6-5-7-20(24)18-34-25-16-13-21(17-31-25)27(28,29)30/h2-17H,18H2,1H3/b32-26-. The van der Waals surface area contributed by atoms with E-state index >= 15 is 0 Å². The molecular weight excluding hydrogens is 457 g/mol. The average Bonchev–Trinajstić information content (AvgIpc) is 2.87. The highest BCUT2D eigenvalue weighted by atomic mass is 19.4. The van der Waals surface area contributed by atoms with Gasteiger partial charge in [-0.15, -0.1) is 0 Å². The minimum absolute atomic E-state index is 0.0759. The molecule has 0 saturated heterocycles. The Morgan fingerprint density at radius 3 is 2.17 bits per heavy atom. The van der Waals surface area contributed by atoms with E-state index < -0.39 is 11.7 Å². The maximum Gasteiger partial charge on any atom is 0.417 e. The molecule has 0 atom stereocenters. The van der Waals surface area contributed by atoms with Crippen molar-refractivity contribution < 1.29 is 27.5 Å². The van der Waals surface area contributed by atoms with Crippen molar-refractivity contribution >= 4 is 5.71 Å². The number of halogens is 3. The summed E-state index contributed by atoms with van der Waals surface area (Å²) in [6.45, 7) is 0.0759. The molecule has 0 aliphatic heterocycles. The van der Waals surface area contributed by atoms with E-state index in [2.05, 4.69) is 10.1 Å². The van der Waals surface area contributed by atoms with Crippen LogP contribution in [-0.4, -0.2) is 17.8 Å².